The summed E-state index contributed by atoms with van der Waals surface area (Å²) >= 11 is 0. The summed E-state index contributed by atoms with van der Waals surface area (Å²) in [6.07, 6.45) is 6.84. The first-order chi connectivity index (χ1) is 9.45. The minimum absolute atomic E-state index is 0.977. The molecule has 3 heterocycles. The van der Waals surface area contributed by atoms with Crippen LogP contribution < -0.4 is 0 Å². The first-order valence-corrected chi connectivity index (χ1v) is 5.84. The van der Waals surface area contributed by atoms with Gasteiger partial charge in [-0.15, -0.1) is 5.10 Å². The number of benzene rings is 1. The van der Waals surface area contributed by atoms with Gasteiger partial charge in [0, 0.05) is 29.4 Å². The van der Waals surface area contributed by atoms with E-state index in [0.29, 0.717) is 0 Å². The van der Waals surface area contributed by atoms with E-state index in [-0.39, 0.29) is 0 Å². The van der Waals surface area contributed by atoms with E-state index in [9.17, 15) is 0 Å². The number of hydrogen-bond acceptors (Lipinski definition) is 4. The lowest BCUT2D eigenvalue weighted by Gasteiger charge is -2.00. The second-order valence-electron chi connectivity index (χ2n) is 3.88. The highest BCUT2D eigenvalue weighted by atomic mass is 15.3. The van der Waals surface area contributed by atoms with Gasteiger partial charge in [-0.25, -0.2) is 0 Å². The van der Waals surface area contributed by atoms with Crippen LogP contribution in [-0.4, -0.2) is 25.4 Å². The average molecular weight is 249 g/mol. The van der Waals surface area contributed by atoms with Crippen LogP contribution in [-0.2, 0) is 0 Å². The van der Waals surface area contributed by atoms with Gasteiger partial charge in [0.15, 0.2) is 0 Å². The fraction of sp³-hybridized carbons (Fsp3) is 0. The molecule has 0 unspecified atom stereocenters. The quantitative estimate of drug-likeness (QED) is 0.486. The highest BCUT2D eigenvalue weighted by molar-refractivity contribution is 6.02. The topological polar surface area (TPSA) is 67.3 Å². The number of nitrogens with zero attached hydrogens (tertiary/aromatic N) is 4. The number of nitrogens with one attached hydrogen (secondary N) is 1. The molecule has 19 heavy (non-hydrogen) atoms. The van der Waals surface area contributed by atoms with Crippen LogP contribution in [0.1, 0.15) is 0 Å². The van der Waals surface area contributed by atoms with Gasteiger partial charge in [-0.2, -0.15) is 0 Å². The number of hydrogen-bond donors (Lipinski definition) is 1. The van der Waals surface area contributed by atoms with Gasteiger partial charge in [-0.3, -0.25) is 15.1 Å². The van der Waals surface area contributed by atoms with Gasteiger partial charge in [-0.05, 0) is 12.1 Å². The normalized spacial score (nSPS) is 10.1. The van der Waals surface area contributed by atoms with E-state index in [0.717, 1.165) is 21.8 Å². The van der Waals surface area contributed by atoms with E-state index in [1.807, 2.05) is 12.1 Å². The van der Waals surface area contributed by atoms with Gasteiger partial charge in [0.25, 0.3) is 0 Å². The van der Waals surface area contributed by atoms with Crippen molar-refractivity contribution in [2.45, 2.75) is 0 Å². The molecule has 0 amide bonds. The number of aromatic amines is 1. The first kappa shape index (κ1) is 11.3. The molecule has 1 N–H and O–H groups in total. The maximum absolute atomic E-state index is 4.35. The molecule has 5 heteroatoms. The molecule has 0 radical (unpaired) electrons. The smallest absolute Gasteiger partial charge is 0.0964 e. The van der Waals surface area contributed by atoms with Crippen LogP contribution in [0.25, 0.3) is 21.8 Å². The van der Waals surface area contributed by atoms with Crippen LogP contribution >= 0.6 is 0 Å². The Labute approximate surface area is 109 Å². The van der Waals surface area contributed by atoms with Crippen LogP contribution in [0.2, 0.25) is 0 Å². The molecule has 0 atom stereocenters. The molecule has 4 aromatic rings. The number of H-pyrrole nitrogens is 1. The Morgan fingerprint density at radius 3 is 1.79 bits per heavy atom. The Bertz CT molecular complexity index is 708. The third kappa shape index (κ3) is 2.40. The van der Waals surface area contributed by atoms with Gasteiger partial charge < -0.3 is 0 Å². The molecule has 92 valence electrons. The summed E-state index contributed by atoms with van der Waals surface area (Å²) in [4.78, 5) is 8.69. The van der Waals surface area contributed by atoms with Gasteiger partial charge >= 0.3 is 0 Å². The molecular formula is C14H11N5. The lowest BCUT2D eigenvalue weighted by molar-refractivity contribution is 0.940. The molecule has 0 spiro atoms. The zero-order chi connectivity index (χ0) is 12.9. The zero-order valence-corrected chi connectivity index (χ0v) is 10.1. The molecular weight excluding hydrogens is 238 g/mol. The van der Waals surface area contributed by atoms with Gasteiger partial charge in [0.2, 0.25) is 0 Å². The minimum atomic E-state index is 0.977. The predicted molar refractivity (Wildman–Crippen MR) is 73.4 cm³/mol. The van der Waals surface area contributed by atoms with Gasteiger partial charge in [0.05, 0.1) is 17.2 Å². The maximum atomic E-state index is 4.35. The number of fused-ring (bicyclic) bond motifs is 3. The van der Waals surface area contributed by atoms with Crippen LogP contribution in [0.15, 0.2) is 61.2 Å². The summed E-state index contributed by atoms with van der Waals surface area (Å²) in [7, 11) is 0. The second-order valence-corrected chi connectivity index (χ2v) is 3.88. The van der Waals surface area contributed by atoms with Crippen molar-refractivity contribution in [3.63, 3.8) is 0 Å². The molecule has 0 aliphatic heterocycles. The van der Waals surface area contributed by atoms with E-state index < -0.39 is 0 Å². The maximum Gasteiger partial charge on any atom is 0.0964 e. The summed E-state index contributed by atoms with van der Waals surface area (Å²) in [5.74, 6) is 0. The van der Waals surface area contributed by atoms with Crippen molar-refractivity contribution in [1.82, 2.24) is 25.4 Å². The van der Waals surface area contributed by atoms with E-state index in [2.05, 4.69) is 49.6 Å². The summed E-state index contributed by atoms with van der Waals surface area (Å²) < 4.78 is 0. The highest BCUT2D eigenvalue weighted by Crippen LogP contribution is 2.20. The largest absolute Gasteiger partial charge is 0.266 e. The molecule has 0 aliphatic carbocycles. The molecule has 0 saturated carbocycles. The predicted octanol–water partition coefficient (Wildman–Crippen LogP) is 2.59. The minimum Gasteiger partial charge on any atom is -0.266 e. The Kier molecular flexibility index (Phi) is 3.10. The monoisotopic (exact) mass is 249 g/mol. The third-order valence-corrected chi connectivity index (χ3v) is 2.68. The molecule has 0 saturated heterocycles. The first-order valence-electron chi connectivity index (χ1n) is 5.84. The van der Waals surface area contributed by atoms with Crippen molar-refractivity contribution in [1.29, 1.82) is 0 Å². The summed E-state index contributed by atoms with van der Waals surface area (Å²) in [5.41, 5.74) is 1.95. The van der Waals surface area contributed by atoms with E-state index in [1.165, 1.54) is 0 Å². The lowest BCUT2D eigenvalue weighted by atomic mass is 10.1. The molecule has 0 fully saturated rings. The lowest BCUT2D eigenvalue weighted by Crippen LogP contribution is -1.83. The van der Waals surface area contributed by atoms with E-state index >= 15 is 0 Å². The fourth-order valence-electron chi connectivity index (χ4n) is 1.85. The fourth-order valence-corrected chi connectivity index (χ4v) is 1.85. The summed E-state index contributed by atoms with van der Waals surface area (Å²) in [6.45, 7) is 0. The third-order valence-electron chi connectivity index (χ3n) is 2.68. The molecule has 3 aromatic heterocycles. The van der Waals surface area contributed by atoms with E-state index in [4.69, 9.17) is 0 Å². The van der Waals surface area contributed by atoms with Gasteiger partial charge in [0.1, 0.15) is 0 Å². The number of aromatic nitrogens is 5. The molecule has 0 aliphatic rings. The molecule has 0 bridgehead atoms. The highest BCUT2D eigenvalue weighted by Gasteiger charge is 2.00. The zero-order valence-electron chi connectivity index (χ0n) is 10.1. The van der Waals surface area contributed by atoms with Crippen LogP contribution in [0, 0.1) is 0 Å². The Morgan fingerprint density at radius 1 is 0.737 bits per heavy atom. The Balaban J connectivity index is 0.000000187. The number of pyridine rings is 2. The van der Waals surface area contributed by atoms with Crippen LogP contribution in [0.5, 0.6) is 0 Å². The van der Waals surface area contributed by atoms with Crippen molar-refractivity contribution in [2.75, 3.05) is 0 Å². The standard InChI is InChI=1S/C12H8N2.C2H3N3/c1-3-9-5-6-10-4-2-8-14-12(10)11(9)13-7-1;1-2-4-5-3-1/h1-8H;1-2H,(H,3,4,5). The summed E-state index contributed by atoms with van der Waals surface area (Å²) in [6, 6.07) is 12.1. The van der Waals surface area contributed by atoms with Crippen LogP contribution in [0.4, 0.5) is 0 Å². The van der Waals surface area contributed by atoms with Gasteiger partial charge in [-0.1, -0.05) is 29.5 Å². The SMILES string of the molecule is c1c[nH]nn1.c1cnc2c(c1)ccc1cccnc12. The van der Waals surface area contributed by atoms with Crippen molar-refractivity contribution < 1.29 is 0 Å². The second kappa shape index (κ2) is 5.22. The van der Waals surface area contributed by atoms with Crippen LogP contribution in [0.3, 0.4) is 0 Å². The van der Waals surface area contributed by atoms with E-state index in [1.54, 1.807) is 24.8 Å². The average Bonchev–Trinajstić information content (AvgIpc) is 3.07. The Hall–Kier alpha value is -2.82. The van der Waals surface area contributed by atoms with Crippen molar-refractivity contribution in [3.8, 4) is 0 Å². The van der Waals surface area contributed by atoms with Crippen molar-refractivity contribution in [3.05, 3.63) is 61.2 Å². The molecule has 5 nitrogen and oxygen atoms in total. The van der Waals surface area contributed by atoms with Crippen molar-refractivity contribution in [2.24, 2.45) is 0 Å². The Morgan fingerprint density at radius 2 is 1.37 bits per heavy atom. The molecule has 4 rings (SSSR count). The summed E-state index contributed by atoms with van der Waals surface area (Å²) in [5, 5.41) is 11.5. The molecule has 1 aromatic carbocycles. The van der Waals surface area contributed by atoms with Crippen molar-refractivity contribution >= 4 is 21.8 Å². The number of rotatable bonds is 0.